The highest BCUT2D eigenvalue weighted by Gasteiger charge is 2.12. The number of nitrogens with zero attached hydrogens (tertiary/aromatic N) is 1. The molecule has 0 saturated heterocycles. The standard InChI is InChI=1S/C9H11NO3S/c1-6-10-8(9(11)12)7(14-6)4-3-5-13-2/h3-4H,5H2,1-2H3,(H,11,12). The number of carbonyl (C=O) groups is 1. The Morgan fingerprint density at radius 1 is 1.71 bits per heavy atom. The maximum atomic E-state index is 10.7. The van der Waals surface area contributed by atoms with Gasteiger partial charge in [-0.25, -0.2) is 9.78 Å². The maximum Gasteiger partial charge on any atom is 0.356 e. The number of ether oxygens (including phenoxy) is 1. The normalized spacial score (nSPS) is 11.0. The van der Waals surface area contributed by atoms with Crippen LogP contribution in [0.3, 0.4) is 0 Å². The zero-order valence-electron chi connectivity index (χ0n) is 7.98. The molecule has 1 N–H and O–H groups in total. The van der Waals surface area contributed by atoms with Gasteiger partial charge in [0.1, 0.15) is 0 Å². The number of aromatic carboxylic acids is 1. The van der Waals surface area contributed by atoms with E-state index in [2.05, 4.69) is 4.98 Å². The molecule has 0 spiro atoms. The Balaban J connectivity index is 2.89. The van der Waals surface area contributed by atoms with E-state index < -0.39 is 5.97 Å². The Morgan fingerprint density at radius 2 is 2.43 bits per heavy atom. The highest BCUT2D eigenvalue weighted by molar-refractivity contribution is 7.12. The smallest absolute Gasteiger partial charge is 0.356 e. The summed E-state index contributed by atoms with van der Waals surface area (Å²) in [6, 6.07) is 0. The summed E-state index contributed by atoms with van der Waals surface area (Å²) in [6.45, 7) is 2.25. The van der Waals surface area contributed by atoms with E-state index in [0.717, 1.165) is 5.01 Å². The lowest BCUT2D eigenvalue weighted by atomic mass is 10.3. The lowest BCUT2D eigenvalue weighted by molar-refractivity contribution is 0.0691. The first-order chi connectivity index (χ1) is 6.65. The highest BCUT2D eigenvalue weighted by Crippen LogP contribution is 2.19. The molecule has 1 rings (SSSR count). The van der Waals surface area contributed by atoms with Crippen LogP contribution in [-0.4, -0.2) is 29.8 Å². The first kappa shape index (κ1) is 10.9. The van der Waals surface area contributed by atoms with Crippen molar-refractivity contribution >= 4 is 23.4 Å². The van der Waals surface area contributed by atoms with E-state index in [1.54, 1.807) is 26.2 Å². The van der Waals surface area contributed by atoms with E-state index in [4.69, 9.17) is 9.84 Å². The van der Waals surface area contributed by atoms with Gasteiger partial charge in [0.25, 0.3) is 0 Å². The summed E-state index contributed by atoms with van der Waals surface area (Å²) in [5, 5.41) is 9.56. The fourth-order valence-electron chi connectivity index (χ4n) is 0.960. The van der Waals surface area contributed by atoms with Crippen molar-refractivity contribution in [2.45, 2.75) is 6.92 Å². The van der Waals surface area contributed by atoms with E-state index in [1.165, 1.54) is 11.3 Å². The Hall–Kier alpha value is -1.20. The molecule has 0 aliphatic carbocycles. The quantitative estimate of drug-likeness (QED) is 0.828. The van der Waals surface area contributed by atoms with Crippen molar-refractivity contribution in [1.29, 1.82) is 0 Å². The first-order valence-corrected chi connectivity index (χ1v) is 4.83. The number of thiazole rings is 1. The predicted molar refractivity (Wildman–Crippen MR) is 54.7 cm³/mol. The van der Waals surface area contributed by atoms with Gasteiger partial charge in [0, 0.05) is 7.11 Å². The molecular weight excluding hydrogens is 202 g/mol. The molecular formula is C9H11NO3S. The lowest BCUT2D eigenvalue weighted by Gasteiger charge is -1.90. The van der Waals surface area contributed by atoms with Crippen molar-refractivity contribution in [3.05, 3.63) is 21.7 Å². The summed E-state index contributed by atoms with van der Waals surface area (Å²) < 4.78 is 4.82. The van der Waals surface area contributed by atoms with Gasteiger partial charge in [0.05, 0.1) is 16.5 Å². The average Bonchev–Trinajstić information content (AvgIpc) is 2.47. The largest absolute Gasteiger partial charge is 0.476 e. The number of aryl methyl sites for hydroxylation is 1. The Kier molecular flexibility index (Phi) is 3.79. The van der Waals surface area contributed by atoms with Crippen LogP contribution in [-0.2, 0) is 4.74 Å². The van der Waals surface area contributed by atoms with Crippen LogP contribution in [0.25, 0.3) is 6.08 Å². The number of carboxylic acid groups (broad SMARTS) is 1. The van der Waals surface area contributed by atoms with Gasteiger partial charge in [-0.1, -0.05) is 6.08 Å². The monoisotopic (exact) mass is 213 g/mol. The van der Waals surface area contributed by atoms with E-state index in [-0.39, 0.29) is 5.69 Å². The number of carboxylic acids is 1. The van der Waals surface area contributed by atoms with Crippen molar-refractivity contribution < 1.29 is 14.6 Å². The van der Waals surface area contributed by atoms with E-state index in [9.17, 15) is 4.79 Å². The van der Waals surface area contributed by atoms with Crippen LogP contribution >= 0.6 is 11.3 Å². The fraction of sp³-hybridized carbons (Fsp3) is 0.333. The van der Waals surface area contributed by atoms with Gasteiger partial charge < -0.3 is 9.84 Å². The second-order valence-corrected chi connectivity index (χ2v) is 3.84. The third kappa shape index (κ3) is 2.65. The third-order valence-corrected chi connectivity index (χ3v) is 2.43. The number of hydrogen-bond acceptors (Lipinski definition) is 4. The van der Waals surface area contributed by atoms with Crippen molar-refractivity contribution in [2.75, 3.05) is 13.7 Å². The van der Waals surface area contributed by atoms with Gasteiger partial charge >= 0.3 is 5.97 Å². The van der Waals surface area contributed by atoms with Crippen LogP contribution < -0.4 is 0 Å². The molecule has 0 bridgehead atoms. The van der Waals surface area contributed by atoms with Crippen LogP contribution in [0.4, 0.5) is 0 Å². The topological polar surface area (TPSA) is 59.4 Å². The summed E-state index contributed by atoms with van der Waals surface area (Å²) in [5.74, 6) is -0.994. The van der Waals surface area contributed by atoms with Crippen molar-refractivity contribution in [1.82, 2.24) is 4.98 Å². The second kappa shape index (κ2) is 4.88. The average molecular weight is 213 g/mol. The van der Waals surface area contributed by atoms with Crippen LogP contribution in [0.5, 0.6) is 0 Å². The predicted octanol–water partition coefficient (Wildman–Crippen LogP) is 1.81. The fourth-order valence-corrected chi connectivity index (χ4v) is 1.81. The zero-order valence-corrected chi connectivity index (χ0v) is 8.80. The lowest BCUT2D eigenvalue weighted by Crippen LogP contribution is -1.98. The molecule has 1 aromatic heterocycles. The SMILES string of the molecule is COCC=Cc1sc(C)nc1C(=O)O. The molecule has 0 unspecified atom stereocenters. The molecule has 0 aliphatic heterocycles. The van der Waals surface area contributed by atoms with Crippen molar-refractivity contribution in [2.24, 2.45) is 0 Å². The van der Waals surface area contributed by atoms with Crippen LogP contribution in [0.1, 0.15) is 20.4 Å². The summed E-state index contributed by atoms with van der Waals surface area (Å²) in [4.78, 5) is 15.3. The Morgan fingerprint density at radius 3 is 3.00 bits per heavy atom. The molecule has 1 aromatic rings. The molecule has 0 radical (unpaired) electrons. The minimum absolute atomic E-state index is 0.111. The number of aromatic nitrogens is 1. The Bertz CT molecular complexity index is 357. The minimum atomic E-state index is -0.994. The van der Waals surface area contributed by atoms with Gasteiger partial charge in [-0.05, 0) is 13.0 Å². The molecule has 14 heavy (non-hydrogen) atoms. The van der Waals surface area contributed by atoms with Gasteiger partial charge in [0.15, 0.2) is 5.69 Å². The van der Waals surface area contributed by atoms with Crippen molar-refractivity contribution in [3.8, 4) is 0 Å². The molecule has 5 heteroatoms. The van der Waals surface area contributed by atoms with E-state index in [0.29, 0.717) is 11.5 Å². The van der Waals surface area contributed by atoms with Crippen LogP contribution in [0.2, 0.25) is 0 Å². The molecule has 0 aliphatic rings. The Labute approximate surface area is 85.9 Å². The van der Waals surface area contributed by atoms with Crippen LogP contribution in [0.15, 0.2) is 6.08 Å². The first-order valence-electron chi connectivity index (χ1n) is 4.01. The van der Waals surface area contributed by atoms with E-state index in [1.807, 2.05) is 0 Å². The molecule has 0 amide bonds. The summed E-state index contributed by atoms with van der Waals surface area (Å²) in [6.07, 6.45) is 3.48. The zero-order chi connectivity index (χ0) is 10.6. The molecule has 0 fully saturated rings. The molecule has 1 heterocycles. The van der Waals surface area contributed by atoms with Gasteiger partial charge in [-0.2, -0.15) is 0 Å². The van der Waals surface area contributed by atoms with Crippen molar-refractivity contribution in [3.63, 3.8) is 0 Å². The maximum absolute atomic E-state index is 10.7. The molecule has 0 saturated carbocycles. The summed E-state index contributed by atoms with van der Waals surface area (Å²) in [5.41, 5.74) is 0.111. The summed E-state index contributed by atoms with van der Waals surface area (Å²) >= 11 is 1.36. The van der Waals surface area contributed by atoms with Crippen LogP contribution in [0, 0.1) is 6.92 Å². The van der Waals surface area contributed by atoms with Gasteiger partial charge in [0.2, 0.25) is 0 Å². The summed E-state index contributed by atoms with van der Waals surface area (Å²) in [7, 11) is 1.58. The van der Waals surface area contributed by atoms with E-state index >= 15 is 0 Å². The minimum Gasteiger partial charge on any atom is -0.476 e. The molecule has 76 valence electrons. The number of methoxy groups -OCH3 is 1. The van der Waals surface area contributed by atoms with Gasteiger partial charge in [-0.3, -0.25) is 0 Å². The molecule has 0 aromatic carbocycles. The number of rotatable bonds is 4. The molecule has 4 nitrogen and oxygen atoms in total. The van der Waals surface area contributed by atoms with Gasteiger partial charge in [-0.15, -0.1) is 11.3 Å². The second-order valence-electron chi connectivity index (χ2n) is 2.61. The number of hydrogen-bond donors (Lipinski definition) is 1. The highest BCUT2D eigenvalue weighted by atomic mass is 32.1. The third-order valence-electron chi connectivity index (χ3n) is 1.49. The molecule has 0 atom stereocenters.